The van der Waals surface area contributed by atoms with Crippen molar-refractivity contribution in [3.05, 3.63) is 54.3 Å². The molecule has 0 aliphatic carbocycles. The second-order valence-corrected chi connectivity index (χ2v) is 4.36. The number of fused-ring (bicyclic) bond motifs is 1. The third-order valence-corrected chi connectivity index (χ3v) is 2.51. The van der Waals surface area contributed by atoms with E-state index in [1.54, 1.807) is 6.20 Å². The van der Waals surface area contributed by atoms with E-state index in [0.717, 1.165) is 16.5 Å². The highest BCUT2D eigenvalue weighted by atomic mass is 19.3. The maximum absolute atomic E-state index is 11.7. The molecule has 116 valence electrons. The molecule has 0 aliphatic heterocycles. The van der Waals surface area contributed by atoms with Gasteiger partial charge in [0.2, 0.25) is 0 Å². The van der Waals surface area contributed by atoms with E-state index in [9.17, 15) is 8.78 Å². The van der Waals surface area contributed by atoms with Crippen molar-refractivity contribution in [1.29, 1.82) is 0 Å². The number of hydrogen-bond acceptors (Lipinski definition) is 2. The van der Waals surface area contributed by atoms with Gasteiger partial charge in [-0.05, 0) is 44.4 Å². The van der Waals surface area contributed by atoms with Crippen molar-refractivity contribution in [1.82, 2.24) is 5.16 Å². The van der Waals surface area contributed by atoms with Crippen LogP contribution < -0.4 is 0 Å². The van der Waals surface area contributed by atoms with Crippen LogP contribution in [-0.4, -0.2) is 5.16 Å². The topological polar surface area (TPSA) is 26.0 Å². The highest BCUT2D eigenvalue weighted by Gasteiger charge is 1.98. The van der Waals surface area contributed by atoms with Gasteiger partial charge >= 0.3 is 0 Å². The Hall–Kier alpha value is -1.97. The van der Waals surface area contributed by atoms with Crippen molar-refractivity contribution in [2.45, 2.75) is 40.5 Å². The highest BCUT2D eigenvalue weighted by Crippen LogP contribution is 2.15. The summed E-state index contributed by atoms with van der Waals surface area (Å²) >= 11 is 0. The Kier molecular flexibility index (Phi) is 9.76. The molecule has 0 N–H and O–H groups in total. The van der Waals surface area contributed by atoms with Crippen LogP contribution in [0.2, 0.25) is 0 Å². The van der Waals surface area contributed by atoms with E-state index in [0.29, 0.717) is 12.8 Å². The van der Waals surface area contributed by atoms with Gasteiger partial charge < -0.3 is 4.52 Å². The Balaban J connectivity index is 0.000000341. The summed E-state index contributed by atoms with van der Waals surface area (Å²) in [5, 5.41) is 4.68. The lowest BCUT2D eigenvalue weighted by Crippen LogP contribution is -1.80. The smallest absolute Gasteiger partial charge is 0.269 e. The number of aromatic nitrogens is 1. The molecule has 4 heteroatoms. The SMILES string of the molecule is C=C(C)CCC(C)=C(F)F.CC.c1ccc2oncc2c1. The summed E-state index contributed by atoms with van der Waals surface area (Å²) < 4.78 is 28.3. The van der Waals surface area contributed by atoms with Crippen molar-refractivity contribution in [2.24, 2.45) is 0 Å². The summed E-state index contributed by atoms with van der Waals surface area (Å²) in [5.74, 6) is 0. The predicted molar refractivity (Wildman–Crippen MR) is 84.3 cm³/mol. The molecular weight excluding hydrogens is 272 g/mol. The first-order chi connectivity index (χ1) is 10.0. The largest absolute Gasteiger partial charge is 0.356 e. The molecule has 21 heavy (non-hydrogen) atoms. The Morgan fingerprint density at radius 1 is 1.14 bits per heavy atom. The van der Waals surface area contributed by atoms with Crippen LogP contribution in [0.25, 0.3) is 11.0 Å². The summed E-state index contributed by atoms with van der Waals surface area (Å²) in [5.41, 5.74) is 1.96. The second-order valence-electron chi connectivity index (χ2n) is 4.36. The fourth-order valence-corrected chi connectivity index (χ4v) is 1.31. The number of rotatable bonds is 3. The van der Waals surface area contributed by atoms with E-state index in [2.05, 4.69) is 11.7 Å². The normalized spacial score (nSPS) is 9.05. The van der Waals surface area contributed by atoms with Gasteiger partial charge in [0, 0.05) is 5.39 Å². The summed E-state index contributed by atoms with van der Waals surface area (Å²) in [6.07, 6.45) is 1.23. The summed E-state index contributed by atoms with van der Waals surface area (Å²) in [4.78, 5) is 0. The minimum Gasteiger partial charge on any atom is -0.356 e. The molecule has 0 unspecified atom stereocenters. The highest BCUT2D eigenvalue weighted by molar-refractivity contribution is 5.75. The van der Waals surface area contributed by atoms with Crippen LogP contribution in [0.1, 0.15) is 40.5 Å². The standard InChI is InChI=1S/C8H12F2.C7H5NO.C2H6/c1-6(2)4-5-7(3)8(9)10;1-2-4-7-6(3-1)5-8-9-7;1-2/h1,4-5H2,2-3H3;1-5H;1-2H3. The molecule has 2 aromatic rings. The number of hydrogen-bond donors (Lipinski definition) is 0. The van der Waals surface area contributed by atoms with E-state index in [-0.39, 0.29) is 5.57 Å². The molecule has 0 radical (unpaired) electrons. The van der Waals surface area contributed by atoms with E-state index >= 15 is 0 Å². The van der Waals surface area contributed by atoms with Crippen LogP contribution >= 0.6 is 0 Å². The van der Waals surface area contributed by atoms with Crippen LogP contribution in [-0.2, 0) is 0 Å². The quantitative estimate of drug-likeness (QED) is 0.615. The number of halogens is 2. The number of allylic oxidation sites excluding steroid dienone is 2. The van der Waals surface area contributed by atoms with Gasteiger partial charge in [0.1, 0.15) is 0 Å². The molecule has 0 bridgehead atoms. The first-order valence-electron chi connectivity index (χ1n) is 6.95. The maximum atomic E-state index is 11.7. The average molecular weight is 295 g/mol. The van der Waals surface area contributed by atoms with Crippen LogP contribution in [0, 0.1) is 0 Å². The predicted octanol–water partition coefficient (Wildman–Crippen LogP) is 6.37. The minimum absolute atomic E-state index is 0.169. The number of nitrogens with zero attached hydrogens (tertiary/aromatic N) is 1. The molecule has 0 fully saturated rings. The van der Waals surface area contributed by atoms with Crippen LogP contribution in [0.5, 0.6) is 0 Å². The van der Waals surface area contributed by atoms with Gasteiger partial charge in [0.25, 0.3) is 6.08 Å². The molecule has 0 saturated carbocycles. The zero-order valence-corrected chi connectivity index (χ0v) is 13.1. The van der Waals surface area contributed by atoms with Gasteiger partial charge in [0.05, 0.1) is 6.20 Å². The molecule has 0 saturated heterocycles. The lowest BCUT2D eigenvalue weighted by atomic mass is 10.1. The zero-order valence-electron chi connectivity index (χ0n) is 13.1. The summed E-state index contributed by atoms with van der Waals surface area (Å²) in [6, 6.07) is 7.74. The summed E-state index contributed by atoms with van der Waals surface area (Å²) in [7, 11) is 0. The third kappa shape index (κ3) is 8.02. The molecule has 1 aromatic carbocycles. The summed E-state index contributed by atoms with van der Waals surface area (Å²) in [6.45, 7) is 10.9. The lowest BCUT2D eigenvalue weighted by Gasteiger charge is -1.97. The van der Waals surface area contributed by atoms with Gasteiger partial charge in [-0.25, -0.2) is 0 Å². The van der Waals surface area contributed by atoms with Crippen molar-refractivity contribution >= 4 is 11.0 Å². The van der Waals surface area contributed by atoms with Gasteiger partial charge in [-0.1, -0.05) is 36.7 Å². The zero-order chi connectivity index (χ0) is 16.3. The monoisotopic (exact) mass is 295 g/mol. The lowest BCUT2D eigenvalue weighted by molar-refractivity contribution is 0.408. The molecule has 2 rings (SSSR count). The molecule has 1 aromatic heterocycles. The third-order valence-electron chi connectivity index (χ3n) is 2.51. The van der Waals surface area contributed by atoms with Crippen molar-refractivity contribution in [2.75, 3.05) is 0 Å². The fraction of sp³-hybridized carbons (Fsp3) is 0.353. The Bertz CT molecular complexity index is 539. The molecular formula is C17H23F2NO. The number of benzene rings is 1. The minimum atomic E-state index is -1.55. The first kappa shape index (κ1) is 19.0. The van der Waals surface area contributed by atoms with Crippen LogP contribution in [0.4, 0.5) is 8.78 Å². The molecule has 2 nitrogen and oxygen atoms in total. The fourth-order valence-electron chi connectivity index (χ4n) is 1.31. The van der Waals surface area contributed by atoms with E-state index < -0.39 is 6.08 Å². The van der Waals surface area contributed by atoms with E-state index in [1.165, 1.54) is 6.92 Å². The number of para-hydroxylation sites is 1. The average Bonchev–Trinajstić information content (AvgIpc) is 2.95. The van der Waals surface area contributed by atoms with Crippen LogP contribution in [0.3, 0.4) is 0 Å². The van der Waals surface area contributed by atoms with Gasteiger partial charge in [-0.3, -0.25) is 0 Å². The van der Waals surface area contributed by atoms with E-state index in [1.807, 2.05) is 45.0 Å². The molecule has 0 atom stereocenters. The molecule has 1 heterocycles. The van der Waals surface area contributed by atoms with Crippen molar-refractivity contribution in [3.8, 4) is 0 Å². The molecule has 0 spiro atoms. The van der Waals surface area contributed by atoms with Crippen molar-refractivity contribution < 1.29 is 13.3 Å². The van der Waals surface area contributed by atoms with E-state index in [4.69, 9.17) is 4.52 Å². The second kappa shape index (κ2) is 10.8. The Morgan fingerprint density at radius 2 is 1.76 bits per heavy atom. The van der Waals surface area contributed by atoms with Gasteiger partial charge in [0.15, 0.2) is 5.58 Å². The van der Waals surface area contributed by atoms with Gasteiger partial charge in [-0.2, -0.15) is 8.78 Å². The van der Waals surface area contributed by atoms with Crippen molar-refractivity contribution in [3.63, 3.8) is 0 Å². The van der Waals surface area contributed by atoms with Crippen LogP contribution in [0.15, 0.2) is 58.8 Å². The van der Waals surface area contributed by atoms with Gasteiger partial charge in [-0.15, -0.1) is 6.58 Å². The Labute approximate surface area is 125 Å². The molecule has 0 aliphatic rings. The maximum Gasteiger partial charge on any atom is 0.269 e. The first-order valence-corrected chi connectivity index (χ1v) is 6.95. The Morgan fingerprint density at radius 3 is 2.29 bits per heavy atom. The molecule has 0 amide bonds.